The van der Waals surface area contributed by atoms with Crippen LogP contribution in [0.1, 0.15) is 142 Å². The zero-order valence-electron chi connectivity index (χ0n) is 25.8. The van der Waals surface area contributed by atoms with E-state index in [-0.39, 0.29) is 25.6 Å². The van der Waals surface area contributed by atoms with Gasteiger partial charge in [0.25, 0.3) is 0 Å². The third-order valence-electron chi connectivity index (χ3n) is 6.65. The second kappa shape index (κ2) is 31.4. The summed E-state index contributed by atoms with van der Waals surface area (Å²) in [6.45, 7) is 3.93. The van der Waals surface area contributed by atoms with Crippen molar-refractivity contribution in [1.82, 2.24) is 0 Å². The lowest BCUT2D eigenvalue weighted by molar-refractivity contribution is -0.161. The Morgan fingerprint density at radius 3 is 1.57 bits per heavy atom. The van der Waals surface area contributed by atoms with Gasteiger partial charge in [-0.05, 0) is 38.5 Å². The van der Waals surface area contributed by atoms with Crippen molar-refractivity contribution in [2.75, 3.05) is 13.2 Å². The summed E-state index contributed by atoms with van der Waals surface area (Å²) in [6.07, 6.45) is 37.4. The van der Waals surface area contributed by atoms with Gasteiger partial charge < -0.3 is 14.6 Å². The molecule has 0 heterocycles. The largest absolute Gasteiger partial charge is 0.462 e. The van der Waals surface area contributed by atoms with Crippen LogP contribution in [0.5, 0.6) is 0 Å². The van der Waals surface area contributed by atoms with E-state index in [0.717, 1.165) is 44.9 Å². The lowest BCUT2D eigenvalue weighted by Gasteiger charge is -2.15. The number of aliphatic hydroxyl groups is 1. The van der Waals surface area contributed by atoms with Gasteiger partial charge in [0.1, 0.15) is 6.61 Å². The Morgan fingerprint density at radius 1 is 0.600 bits per heavy atom. The lowest BCUT2D eigenvalue weighted by Crippen LogP contribution is -2.28. The number of allylic oxidation sites excluding steroid dienone is 8. The molecule has 5 nitrogen and oxygen atoms in total. The highest BCUT2D eigenvalue weighted by Gasteiger charge is 2.15. The van der Waals surface area contributed by atoms with Crippen molar-refractivity contribution in [3.63, 3.8) is 0 Å². The zero-order valence-corrected chi connectivity index (χ0v) is 25.8. The molecule has 0 aliphatic rings. The van der Waals surface area contributed by atoms with Crippen molar-refractivity contribution >= 4 is 11.9 Å². The Morgan fingerprint density at radius 2 is 1.07 bits per heavy atom. The molecule has 0 bridgehead atoms. The molecule has 0 aromatic carbocycles. The molecule has 0 fully saturated rings. The Hall–Kier alpha value is -2.14. The number of ether oxygens (including phenoxy) is 2. The summed E-state index contributed by atoms with van der Waals surface area (Å²) < 4.78 is 10.5. The number of hydrogen-bond acceptors (Lipinski definition) is 5. The molecule has 0 aliphatic carbocycles. The van der Waals surface area contributed by atoms with Crippen molar-refractivity contribution < 1.29 is 24.2 Å². The van der Waals surface area contributed by atoms with Crippen LogP contribution >= 0.6 is 0 Å². The molecule has 0 saturated carbocycles. The molecular formula is C35H60O5. The van der Waals surface area contributed by atoms with E-state index in [9.17, 15) is 14.7 Å². The molecule has 0 aromatic heterocycles. The van der Waals surface area contributed by atoms with Crippen LogP contribution < -0.4 is 0 Å². The Labute approximate surface area is 246 Å². The molecule has 0 rings (SSSR count). The van der Waals surface area contributed by atoms with Crippen LogP contribution in [0, 0.1) is 0 Å². The molecule has 0 spiro atoms. The van der Waals surface area contributed by atoms with Crippen molar-refractivity contribution in [1.29, 1.82) is 0 Å². The molecule has 1 N–H and O–H groups in total. The van der Waals surface area contributed by atoms with Crippen LogP contribution in [0.4, 0.5) is 0 Å². The van der Waals surface area contributed by atoms with E-state index < -0.39 is 12.1 Å². The fraction of sp³-hybridized carbons (Fsp3) is 0.714. The first-order chi connectivity index (χ1) is 19.6. The highest BCUT2D eigenvalue weighted by atomic mass is 16.6. The second-order valence-corrected chi connectivity index (χ2v) is 10.5. The van der Waals surface area contributed by atoms with Crippen molar-refractivity contribution in [3.05, 3.63) is 48.6 Å². The van der Waals surface area contributed by atoms with E-state index >= 15 is 0 Å². The molecule has 0 saturated heterocycles. The fourth-order valence-corrected chi connectivity index (χ4v) is 4.21. The van der Waals surface area contributed by atoms with Gasteiger partial charge in [0.2, 0.25) is 0 Å². The molecule has 0 amide bonds. The number of carbonyl (C=O) groups excluding carboxylic acids is 2. The molecule has 40 heavy (non-hydrogen) atoms. The molecule has 5 heteroatoms. The summed E-state index contributed by atoms with van der Waals surface area (Å²) >= 11 is 0. The average Bonchev–Trinajstić information content (AvgIpc) is 2.96. The van der Waals surface area contributed by atoms with Crippen LogP contribution in [0.25, 0.3) is 0 Å². The van der Waals surface area contributed by atoms with Gasteiger partial charge in [0.05, 0.1) is 6.61 Å². The molecule has 1 unspecified atom stereocenters. The monoisotopic (exact) mass is 560 g/mol. The minimum absolute atomic E-state index is 0.0938. The van der Waals surface area contributed by atoms with Crippen molar-refractivity contribution in [2.45, 2.75) is 148 Å². The lowest BCUT2D eigenvalue weighted by atomic mass is 10.0. The third-order valence-corrected chi connectivity index (χ3v) is 6.65. The van der Waals surface area contributed by atoms with Gasteiger partial charge in [0, 0.05) is 12.8 Å². The first-order valence-electron chi connectivity index (χ1n) is 16.2. The van der Waals surface area contributed by atoms with Crippen LogP contribution in [0.15, 0.2) is 48.6 Å². The van der Waals surface area contributed by atoms with Gasteiger partial charge >= 0.3 is 11.9 Å². The second-order valence-electron chi connectivity index (χ2n) is 10.5. The number of unbranched alkanes of at least 4 members (excludes halogenated alkanes) is 12. The minimum atomic E-state index is -0.805. The maximum absolute atomic E-state index is 12.0. The summed E-state index contributed by atoms with van der Waals surface area (Å²) in [6, 6.07) is 0. The number of rotatable bonds is 28. The van der Waals surface area contributed by atoms with E-state index in [1.807, 2.05) is 12.2 Å². The summed E-state index contributed by atoms with van der Waals surface area (Å²) in [5.74, 6) is -0.688. The Kier molecular flexibility index (Phi) is 29.7. The summed E-state index contributed by atoms with van der Waals surface area (Å²) in [5, 5.41) is 9.47. The highest BCUT2D eigenvalue weighted by Crippen LogP contribution is 2.13. The van der Waals surface area contributed by atoms with Crippen LogP contribution in [-0.2, 0) is 19.1 Å². The Bertz CT molecular complexity index is 692. The number of carbonyl (C=O) groups is 2. The maximum atomic E-state index is 12.0. The summed E-state index contributed by atoms with van der Waals surface area (Å²) in [5.41, 5.74) is 0. The van der Waals surface area contributed by atoms with Crippen molar-refractivity contribution in [2.24, 2.45) is 0 Å². The number of aliphatic hydroxyl groups excluding tert-OH is 1. The van der Waals surface area contributed by atoms with Gasteiger partial charge in [-0.25, -0.2) is 0 Å². The molecule has 1 atom stereocenters. The minimum Gasteiger partial charge on any atom is -0.462 e. The van der Waals surface area contributed by atoms with Gasteiger partial charge in [-0.2, -0.15) is 0 Å². The average molecular weight is 561 g/mol. The third kappa shape index (κ3) is 28.9. The van der Waals surface area contributed by atoms with Gasteiger partial charge in [-0.1, -0.05) is 140 Å². The van der Waals surface area contributed by atoms with E-state index in [1.165, 1.54) is 64.2 Å². The van der Waals surface area contributed by atoms with E-state index in [4.69, 9.17) is 9.47 Å². The van der Waals surface area contributed by atoms with Crippen LogP contribution in [-0.4, -0.2) is 36.4 Å². The molecule has 0 radical (unpaired) electrons. The predicted molar refractivity (Wildman–Crippen MR) is 168 cm³/mol. The zero-order chi connectivity index (χ0) is 29.4. The van der Waals surface area contributed by atoms with Crippen LogP contribution in [0.2, 0.25) is 0 Å². The quantitative estimate of drug-likeness (QED) is 0.0586. The first-order valence-corrected chi connectivity index (χ1v) is 16.2. The maximum Gasteiger partial charge on any atom is 0.306 e. The Balaban J connectivity index is 3.70. The van der Waals surface area contributed by atoms with Gasteiger partial charge in [-0.3, -0.25) is 9.59 Å². The first kappa shape index (κ1) is 37.9. The number of esters is 2. The highest BCUT2D eigenvalue weighted by molar-refractivity contribution is 5.70. The van der Waals surface area contributed by atoms with E-state index in [0.29, 0.717) is 12.8 Å². The van der Waals surface area contributed by atoms with E-state index in [1.54, 1.807) is 0 Å². The molecular weight excluding hydrogens is 500 g/mol. The topological polar surface area (TPSA) is 72.8 Å². The molecule has 230 valence electrons. The predicted octanol–water partition coefficient (Wildman–Crippen LogP) is 9.50. The standard InChI is InChI=1S/C35H60O5/c1-3-5-7-9-11-13-15-17-19-21-23-25-27-29-34(37)39-32-33(31-36)40-35(38)30-28-26-24-22-20-18-16-14-12-10-8-6-4-2/h6,8,12,14,18,20,24,26,33,36H,3-5,7,9-11,13,15-17,19,21-23,25,27-32H2,1-2H3/b8-6-,14-12-,20-18-,26-24-. The van der Waals surface area contributed by atoms with Gasteiger partial charge in [-0.15, -0.1) is 0 Å². The van der Waals surface area contributed by atoms with Crippen LogP contribution in [0.3, 0.4) is 0 Å². The molecule has 0 aliphatic heterocycles. The van der Waals surface area contributed by atoms with Crippen molar-refractivity contribution in [3.8, 4) is 0 Å². The SMILES string of the molecule is CC/C=C\C/C=C\C/C=C\C/C=C\CCC(=O)OC(CO)COC(=O)CCCCCCCCCCCCCCC. The fourth-order valence-electron chi connectivity index (χ4n) is 4.21. The summed E-state index contributed by atoms with van der Waals surface area (Å²) in [7, 11) is 0. The number of hydrogen-bond donors (Lipinski definition) is 1. The smallest absolute Gasteiger partial charge is 0.306 e. The molecule has 0 aromatic rings. The van der Waals surface area contributed by atoms with Gasteiger partial charge in [0.15, 0.2) is 6.10 Å². The summed E-state index contributed by atoms with van der Waals surface area (Å²) in [4.78, 5) is 24.0. The normalized spacial score (nSPS) is 12.8. The van der Waals surface area contributed by atoms with E-state index in [2.05, 4.69) is 50.3 Å².